The van der Waals surface area contributed by atoms with Gasteiger partial charge in [-0.1, -0.05) is 23.7 Å². The van der Waals surface area contributed by atoms with Crippen LogP contribution in [-0.4, -0.2) is 24.1 Å². The molecule has 2 N–H and O–H groups in total. The average Bonchev–Trinajstić information content (AvgIpc) is 2.48. The second kappa shape index (κ2) is 6.28. The van der Waals surface area contributed by atoms with Gasteiger partial charge in [0.05, 0.1) is 28.9 Å². The van der Waals surface area contributed by atoms with Gasteiger partial charge in [0, 0.05) is 0 Å². The van der Waals surface area contributed by atoms with E-state index < -0.39 is 11.9 Å². The Bertz CT molecular complexity index is 700. The van der Waals surface area contributed by atoms with Gasteiger partial charge in [-0.05, 0) is 30.3 Å². The molecule has 0 radical (unpaired) electrons. The van der Waals surface area contributed by atoms with Crippen LogP contribution in [0.5, 0.6) is 5.75 Å². The van der Waals surface area contributed by atoms with Gasteiger partial charge < -0.3 is 15.2 Å². The van der Waals surface area contributed by atoms with E-state index in [9.17, 15) is 14.7 Å². The quantitative estimate of drug-likeness (QED) is 0.675. The topological polar surface area (TPSA) is 75.6 Å². The molecule has 0 saturated heterocycles. The number of benzene rings is 2. The number of hydrogen-bond donors (Lipinski definition) is 2. The number of hydrogen-bond acceptors (Lipinski definition) is 4. The number of phenolic OH excluding ortho intramolecular Hbond substituents is 1. The van der Waals surface area contributed by atoms with E-state index in [-0.39, 0.29) is 22.6 Å². The molecule has 108 valence electrons. The second-order valence-electron chi connectivity index (χ2n) is 4.16. The Morgan fingerprint density at radius 2 is 1.86 bits per heavy atom. The summed E-state index contributed by atoms with van der Waals surface area (Å²) >= 11 is 5.95. The molecule has 0 aromatic heterocycles. The standard InChI is InChI=1S/C15H12ClNO4/c1-21-15(20)11-8-9(18)6-7-13(11)17-14(19)10-4-2-3-5-12(10)16/h2-8,18H,1H3,(H,17,19). The Morgan fingerprint density at radius 1 is 1.14 bits per heavy atom. The van der Waals surface area contributed by atoms with Crippen molar-refractivity contribution in [3.8, 4) is 5.75 Å². The van der Waals surface area contributed by atoms with Gasteiger partial charge in [0.15, 0.2) is 0 Å². The summed E-state index contributed by atoms with van der Waals surface area (Å²) in [6.45, 7) is 0. The summed E-state index contributed by atoms with van der Waals surface area (Å²) in [5.74, 6) is -1.23. The van der Waals surface area contributed by atoms with Gasteiger partial charge in [-0.25, -0.2) is 4.79 Å². The lowest BCUT2D eigenvalue weighted by atomic mass is 10.1. The van der Waals surface area contributed by atoms with Crippen molar-refractivity contribution in [3.63, 3.8) is 0 Å². The third-order valence-electron chi connectivity index (χ3n) is 2.78. The minimum atomic E-state index is -0.666. The summed E-state index contributed by atoms with van der Waals surface area (Å²) in [5, 5.41) is 12.3. The molecule has 0 heterocycles. The number of phenols is 1. The predicted octanol–water partition coefficient (Wildman–Crippen LogP) is 3.08. The highest BCUT2D eigenvalue weighted by atomic mass is 35.5. The van der Waals surface area contributed by atoms with E-state index >= 15 is 0 Å². The van der Waals surface area contributed by atoms with E-state index in [2.05, 4.69) is 10.1 Å². The van der Waals surface area contributed by atoms with Crippen LogP contribution in [0.4, 0.5) is 5.69 Å². The zero-order valence-electron chi connectivity index (χ0n) is 11.1. The molecule has 2 aromatic carbocycles. The predicted molar refractivity (Wildman–Crippen MR) is 78.9 cm³/mol. The van der Waals surface area contributed by atoms with Gasteiger partial charge in [0.2, 0.25) is 0 Å². The van der Waals surface area contributed by atoms with Gasteiger partial charge in [0.25, 0.3) is 5.91 Å². The first-order valence-corrected chi connectivity index (χ1v) is 6.38. The number of methoxy groups -OCH3 is 1. The van der Waals surface area contributed by atoms with Gasteiger partial charge in [-0.3, -0.25) is 4.79 Å². The Kier molecular flexibility index (Phi) is 4.45. The number of amides is 1. The minimum Gasteiger partial charge on any atom is -0.508 e. The molecule has 0 aliphatic carbocycles. The van der Waals surface area contributed by atoms with Crippen molar-refractivity contribution >= 4 is 29.2 Å². The lowest BCUT2D eigenvalue weighted by molar-refractivity contribution is 0.0601. The highest BCUT2D eigenvalue weighted by Gasteiger charge is 2.16. The molecule has 0 spiro atoms. The fourth-order valence-electron chi connectivity index (χ4n) is 1.76. The first-order chi connectivity index (χ1) is 10.0. The maximum absolute atomic E-state index is 12.2. The molecule has 5 nitrogen and oxygen atoms in total. The van der Waals surface area contributed by atoms with Gasteiger partial charge >= 0.3 is 5.97 Å². The lowest BCUT2D eigenvalue weighted by Gasteiger charge is -2.11. The van der Waals surface area contributed by atoms with Gasteiger partial charge in [-0.2, -0.15) is 0 Å². The van der Waals surface area contributed by atoms with Gasteiger partial charge in [0.1, 0.15) is 5.75 Å². The number of nitrogens with one attached hydrogen (secondary N) is 1. The van der Waals surface area contributed by atoms with E-state index in [0.717, 1.165) is 0 Å². The number of ether oxygens (including phenoxy) is 1. The molecule has 0 aliphatic rings. The van der Waals surface area contributed by atoms with Crippen molar-refractivity contribution in [1.29, 1.82) is 0 Å². The van der Waals surface area contributed by atoms with Crippen molar-refractivity contribution in [2.45, 2.75) is 0 Å². The monoisotopic (exact) mass is 305 g/mol. The molecule has 0 aliphatic heterocycles. The average molecular weight is 306 g/mol. The smallest absolute Gasteiger partial charge is 0.340 e. The number of aromatic hydroxyl groups is 1. The van der Waals surface area contributed by atoms with Crippen molar-refractivity contribution in [2.24, 2.45) is 0 Å². The van der Waals surface area contributed by atoms with E-state index in [1.54, 1.807) is 24.3 Å². The summed E-state index contributed by atoms with van der Waals surface area (Å²) in [6.07, 6.45) is 0. The summed E-state index contributed by atoms with van der Waals surface area (Å²) in [5.41, 5.74) is 0.561. The third-order valence-corrected chi connectivity index (χ3v) is 3.10. The number of carbonyl (C=O) groups is 2. The highest BCUT2D eigenvalue weighted by Crippen LogP contribution is 2.24. The fourth-order valence-corrected chi connectivity index (χ4v) is 1.98. The van der Waals surface area contributed by atoms with Crippen LogP contribution in [0, 0.1) is 0 Å². The molecule has 1 amide bonds. The van der Waals surface area contributed by atoms with Gasteiger partial charge in [-0.15, -0.1) is 0 Å². The lowest BCUT2D eigenvalue weighted by Crippen LogP contribution is -2.15. The molecular formula is C15H12ClNO4. The zero-order valence-corrected chi connectivity index (χ0v) is 11.8. The Labute approximate surface area is 126 Å². The summed E-state index contributed by atoms with van der Waals surface area (Å²) in [6, 6.07) is 10.5. The van der Waals surface area contributed by atoms with Crippen LogP contribution in [0.2, 0.25) is 5.02 Å². The molecule has 0 saturated carbocycles. The van der Waals surface area contributed by atoms with Crippen LogP contribution < -0.4 is 5.32 Å². The summed E-state index contributed by atoms with van der Waals surface area (Å²) in [4.78, 5) is 23.8. The van der Waals surface area contributed by atoms with Crippen LogP contribution in [0.3, 0.4) is 0 Å². The van der Waals surface area contributed by atoms with Crippen molar-refractivity contribution < 1.29 is 19.4 Å². The van der Waals surface area contributed by atoms with Crippen LogP contribution in [0.25, 0.3) is 0 Å². The van der Waals surface area contributed by atoms with E-state index in [0.29, 0.717) is 5.02 Å². The minimum absolute atomic E-state index is 0.0536. The summed E-state index contributed by atoms with van der Waals surface area (Å²) < 4.78 is 4.62. The third kappa shape index (κ3) is 3.32. The van der Waals surface area contributed by atoms with E-state index in [4.69, 9.17) is 11.6 Å². The maximum atomic E-state index is 12.2. The highest BCUT2D eigenvalue weighted by molar-refractivity contribution is 6.34. The Balaban J connectivity index is 2.34. The van der Waals surface area contributed by atoms with E-state index in [1.165, 1.54) is 25.3 Å². The van der Waals surface area contributed by atoms with Crippen LogP contribution in [0.15, 0.2) is 42.5 Å². The number of esters is 1. The van der Waals surface area contributed by atoms with Crippen molar-refractivity contribution in [2.75, 3.05) is 12.4 Å². The Morgan fingerprint density at radius 3 is 2.52 bits per heavy atom. The molecule has 2 rings (SSSR count). The molecule has 2 aromatic rings. The Hall–Kier alpha value is -2.53. The first-order valence-electron chi connectivity index (χ1n) is 6.00. The molecular weight excluding hydrogens is 294 g/mol. The van der Waals surface area contributed by atoms with Crippen LogP contribution in [0.1, 0.15) is 20.7 Å². The molecule has 0 unspecified atom stereocenters. The molecule has 0 fully saturated rings. The normalized spacial score (nSPS) is 10.0. The second-order valence-corrected chi connectivity index (χ2v) is 4.56. The largest absolute Gasteiger partial charge is 0.508 e. The first kappa shape index (κ1) is 14.9. The molecule has 0 bridgehead atoms. The maximum Gasteiger partial charge on any atom is 0.340 e. The molecule has 0 atom stereocenters. The number of anilines is 1. The SMILES string of the molecule is COC(=O)c1cc(O)ccc1NC(=O)c1ccccc1Cl. The van der Waals surface area contributed by atoms with Crippen LogP contribution >= 0.6 is 11.6 Å². The van der Waals surface area contributed by atoms with Crippen molar-refractivity contribution in [1.82, 2.24) is 0 Å². The van der Waals surface area contributed by atoms with Crippen molar-refractivity contribution in [3.05, 3.63) is 58.6 Å². The van der Waals surface area contributed by atoms with E-state index in [1.807, 2.05) is 0 Å². The number of rotatable bonds is 3. The van der Waals surface area contributed by atoms with Crippen LogP contribution in [-0.2, 0) is 4.74 Å². The molecule has 6 heteroatoms. The zero-order chi connectivity index (χ0) is 15.4. The summed E-state index contributed by atoms with van der Waals surface area (Å²) in [7, 11) is 1.21. The fraction of sp³-hybridized carbons (Fsp3) is 0.0667. The molecule has 21 heavy (non-hydrogen) atoms. The number of halogens is 1. The number of carbonyl (C=O) groups excluding carboxylic acids is 2.